The lowest BCUT2D eigenvalue weighted by Gasteiger charge is -2.24. The zero-order valence-electron chi connectivity index (χ0n) is 16.5. The molecular weight excluding hydrogens is 360 g/mol. The highest BCUT2D eigenvalue weighted by molar-refractivity contribution is 5.70. The van der Waals surface area contributed by atoms with Gasteiger partial charge < -0.3 is 15.0 Å². The fourth-order valence-corrected chi connectivity index (χ4v) is 3.24. The molecule has 28 heavy (non-hydrogen) atoms. The van der Waals surface area contributed by atoms with E-state index in [2.05, 4.69) is 20.5 Å². The van der Waals surface area contributed by atoms with Crippen LogP contribution in [0.3, 0.4) is 0 Å². The van der Waals surface area contributed by atoms with Gasteiger partial charge in [0.15, 0.2) is 11.5 Å². The third-order valence-electron chi connectivity index (χ3n) is 4.51. The normalized spacial score (nSPS) is 17.3. The highest BCUT2D eigenvalue weighted by Crippen LogP contribution is 2.29. The summed E-state index contributed by atoms with van der Waals surface area (Å²) in [5.74, 6) is 0.717. The third kappa shape index (κ3) is 3.75. The van der Waals surface area contributed by atoms with Crippen molar-refractivity contribution in [2.75, 3.05) is 18.4 Å². The molecule has 0 unspecified atom stereocenters. The van der Waals surface area contributed by atoms with Crippen LogP contribution in [-0.2, 0) is 11.8 Å². The SMILES string of the molecule is Cn1cc(Nc2nc([C@H]3CCN(C(=O)OC(C)(C)C)C3)cn3ncnc23)cn1. The Labute approximate surface area is 162 Å². The van der Waals surface area contributed by atoms with Gasteiger partial charge in [-0.2, -0.15) is 10.2 Å². The number of carbonyl (C=O) groups is 1. The minimum Gasteiger partial charge on any atom is -0.444 e. The second-order valence-electron chi connectivity index (χ2n) is 7.98. The number of amides is 1. The molecule has 148 valence electrons. The van der Waals surface area contributed by atoms with Gasteiger partial charge in [0, 0.05) is 32.3 Å². The number of likely N-dealkylation sites (tertiary alicyclic amines) is 1. The third-order valence-corrected chi connectivity index (χ3v) is 4.51. The number of carbonyl (C=O) groups excluding carboxylic acids is 1. The first kappa shape index (κ1) is 18.2. The molecule has 0 aliphatic carbocycles. The van der Waals surface area contributed by atoms with Crippen molar-refractivity contribution in [3.63, 3.8) is 0 Å². The van der Waals surface area contributed by atoms with Crippen LogP contribution in [0.15, 0.2) is 24.9 Å². The highest BCUT2D eigenvalue weighted by atomic mass is 16.6. The molecule has 1 aliphatic rings. The standard InChI is InChI=1S/C18H24N8O2/c1-18(2,3)28-17(27)25-6-5-12(8-25)14-10-26-16(19-11-21-26)15(23-14)22-13-7-20-24(4)9-13/h7,9-12H,5-6,8H2,1-4H3,(H,22,23)/t12-/m0/s1. The molecule has 3 aromatic heterocycles. The van der Waals surface area contributed by atoms with Gasteiger partial charge in [-0.3, -0.25) is 4.68 Å². The van der Waals surface area contributed by atoms with Crippen LogP contribution in [0, 0.1) is 0 Å². The first-order valence-electron chi connectivity index (χ1n) is 9.22. The molecule has 1 atom stereocenters. The topological polar surface area (TPSA) is 102 Å². The van der Waals surface area contributed by atoms with Crippen molar-refractivity contribution in [3.8, 4) is 0 Å². The van der Waals surface area contributed by atoms with Crippen LogP contribution < -0.4 is 5.32 Å². The number of aryl methyl sites for hydroxylation is 1. The number of nitrogens with zero attached hydrogens (tertiary/aromatic N) is 7. The van der Waals surface area contributed by atoms with Crippen molar-refractivity contribution in [2.24, 2.45) is 7.05 Å². The molecule has 1 amide bonds. The molecule has 3 aromatic rings. The van der Waals surface area contributed by atoms with Crippen LogP contribution in [-0.4, -0.2) is 59.0 Å². The first-order chi connectivity index (χ1) is 13.3. The van der Waals surface area contributed by atoms with Crippen LogP contribution in [0.5, 0.6) is 0 Å². The summed E-state index contributed by atoms with van der Waals surface area (Å²) in [6, 6.07) is 0. The van der Waals surface area contributed by atoms with Crippen molar-refractivity contribution >= 4 is 23.2 Å². The van der Waals surface area contributed by atoms with Crippen molar-refractivity contribution in [3.05, 3.63) is 30.6 Å². The van der Waals surface area contributed by atoms with E-state index in [1.165, 1.54) is 6.33 Å². The Kier molecular flexibility index (Phi) is 4.40. The first-order valence-corrected chi connectivity index (χ1v) is 9.22. The number of hydrogen-bond donors (Lipinski definition) is 1. The second kappa shape index (κ2) is 6.77. The van der Waals surface area contributed by atoms with Crippen molar-refractivity contribution in [2.45, 2.75) is 38.7 Å². The number of hydrogen-bond acceptors (Lipinski definition) is 7. The number of ether oxygens (including phenoxy) is 1. The maximum absolute atomic E-state index is 12.4. The Hall–Kier alpha value is -3.17. The fraction of sp³-hybridized carbons (Fsp3) is 0.500. The molecule has 1 fully saturated rings. The monoisotopic (exact) mass is 384 g/mol. The lowest BCUT2D eigenvalue weighted by Crippen LogP contribution is -2.35. The maximum Gasteiger partial charge on any atom is 0.410 e. The summed E-state index contributed by atoms with van der Waals surface area (Å²) in [4.78, 5) is 23.2. The van der Waals surface area contributed by atoms with Gasteiger partial charge in [0.25, 0.3) is 0 Å². The lowest BCUT2D eigenvalue weighted by molar-refractivity contribution is 0.0292. The van der Waals surface area contributed by atoms with Gasteiger partial charge in [0.2, 0.25) is 0 Å². The Morgan fingerprint density at radius 2 is 2.11 bits per heavy atom. The Balaban J connectivity index is 1.57. The Morgan fingerprint density at radius 1 is 1.29 bits per heavy atom. The van der Waals surface area contributed by atoms with Crippen LogP contribution in [0.2, 0.25) is 0 Å². The Bertz CT molecular complexity index is 1000. The number of fused-ring (bicyclic) bond motifs is 1. The molecule has 10 heteroatoms. The molecule has 1 aliphatic heterocycles. The zero-order chi connectivity index (χ0) is 19.9. The van der Waals surface area contributed by atoms with E-state index < -0.39 is 5.60 Å². The minimum absolute atomic E-state index is 0.107. The highest BCUT2D eigenvalue weighted by Gasteiger charge is 2.32. The molecule has 10 nitrogen and oxygen atoms in total. The van der Waals surface area contributed by atoms with Gasteiger partial charge in [-0.05, 0) is 27.2 Å². The number of aromatic nitrogens is 6. The number of anilines is 2. The van der Waals surface area contributed by atoms with Gasteiger partial charge in [-0.1, -0.05) is 0 Å². The number of nitrogens with one attached hydrogen (secondary N) is 1. The van der Waals surface area contributed by atoms with E-state index in [1.807, 2.05) is 40.2 Å². The fourth-order valence-electron chi connectivity index (χ4n) is 3.24. The van der Waals surface area contributed by atoms with Crippen molar-refractivity contribution in [1.82, 2.24) is 34.3 Å². The van der Waals surface area contributed by atoms with Crippen LogP contribution in [0.4, 0.5) is 16.3 Å². The summed E-state index contributed by atoms with van der Waals surface area (Å²) >= 11 is 0. The largest absolute Gasteiger partial charge is 0.444 e. The summed E-state index contributed by atoms with van der Waals surface area (Å²) < 4.78 is 8.90. The molecule has 0 bridgehead atoms. The zero-order valence-corrected chi connectivity index (χ0v) is 16.5. The summed E-state index contributed by atoms with van der Waals surface area (Å²) in [6.45, 7) is 6.82. The molecule has 1 N–H and O–H groups in total. The van der Waals surface area contributed by atoms with Gasteiger partial charge in [-0.25, -0.2) is 19.3 Å². The summed E-state index contributed by atoms with van der Waals surface area (Å²) in [7, 11) is 1.85. The second-order valence-corrected chi connectivity index (χ2v) is 7.98. The van der Waals surface area contributed by atoms with Crippen molar-refractivity contribution in [1.29, 1.82) is 0 Å². The molecule has 0 spiro atoms. The van der Waals surface area contributed by atoms with E-state index >= 15 is 0 Å². The maximum atomic E-state index is 12.4. The average molecular weight is 384 g/mol. The quantitative estimate of drug-likeness (QED) is 0.739. The summed E-state index contributed by atoms with van der Waals surface area (Å²) in [6.07, 6.45) is 7.49. The van der Waals surface area contributed by atoms with E-state index in [0.717, 1.165) is 17.8 Å². The number of rotatable bonds is 3. The molecule has 4 heterocycles. The van der Waals surface area contributed by atoms with E-state index in [0.29, 0.717) is 24.6 Å². The van der Waals surface area contributed by atoms with Crippen LogP contribution in [0.25, 0.3) is 5.65 Å². The van der Waals surface area contributed by atoms with E-state index in [1.54, 1.807) is 20.3 Å². The minimum atomic E-state index is -0.506. The summed E-state index contributed by atoms with van der Waals surface area (Å²) in [5, 5.41) is 11.7. The molecule has 0 aromatic carbocycles. The predicted octanol–water partition coefficient (Wildman–Crippen LogP) is 2.33. The molecule has 0 saturated carbocycles. The smallest absolute Gasteiger partial charge is 0.410 e. The molecule has 1 saturated heterocycles. The summed E-state index contributed by atoms with van der Waals surface area (Å²) in [5.41, 5.74) is 1.80. The molecular formula is C18H24N8O2. The van der Waals surface area contributed by atoms with Gasteiger partial charge >= 0.3 is 6.09 Å². The van der Waals surface area contributed by atoms with E-state index in [4.69, 9.17) is 9.72 Å². The lowest BCUT2D eigenvalue weighted by atomic mass is 10.1. The average Bonchev–Trinajstić information content (AvgIpc) is 3.33. The molecule has 0 radical (unpaired) electrons. The predicted molar refractivity (Wildman–Crippen MR) is 102 cm³/mol. The van der Waals surface area contributed by atoms with Gasteiger partial charge in [0.05, 0.1) is 23.8 Å². The van der Waals surface area contributed by atoms with E-state index in [9.17, 15) is 4.79 Å². The van der Waals surface area contributed by atoms with Gasteiger partial charge in [0.1, 0.15) is 11.9 Å². The van der Waals surface area contributed by atoms with E-state index in [-0.39, 0.29) is 12.0 Å². The van der Waals surface area contributed by atoms with Crippen LogP contribution >= 0.6 is 0 Å². The van der Waals surface area contributed by atoms with Crippen molar-refractivity contribution < 1.29 is 9.53 Å². The van der Waals surface area contributed by atoms with Crippen LogP contribution in [0.1, 0.15) is 38.8 Å². The van der Waals surface area contributed by atoms with Gasteiger partial charge in [-0.15, -0.1) is 0 Å². The molecule has 4 rings (SSSR count). The Morgan fingerprint density at radius 3 is 2.82 bits per heavy atom.